The summed E-state index contributed by atoms with van der Waals surface area (Å²) in [7, 11) is 0. The van der Waals surface area contributed by atoms with E-state index >= 15 is 0 Å². The van der Waals surface area contributed by atoms with Gasteiger partial charge in [0, 0.05) is 13.1 Å². The highest BCUT2D eigenvalue weighted by molar-refractivity contribution is 5.82. The van der Waals surface area contributed by atoms with E-state index in [2.05, 4.69) is 31.0 Å². The lowest BCUT2D eigenvalue weighted by atomic mass is 9.77. The van der Waals surface area contributed by atoms with Crippen LogP contribution >= 0.6 is 0 Å². The van der Waals surface area contributed by atoms with Crippen molar-refractivity contribution in [1.82, 2.24) is 10.2 Å². The predicted molar refractivity (Wildman–Crippen MR) is 79.0 cm³/mol. The molecular formula is C16H30N2O. The van der Waals surface area contributed by atoms with E-state index in [0.29, 0.717) is 11.3 Å². The fraction of sp³-hybridized carbons (Fsp3) is 0.938. The first-order valence-corrected chi connectivity index (χ1v) is 8.00. The van der Waals surface area contributed by atoms with E-state index < -0.39 is 0 Å². The molecule has 1 unspecified atom stereocenters. The van der Waals surface area contributed by atoms with Gasteiger partial charge in [0.05, 0.1) is 6.04 Å². The second-order valence-electron chi connectivity index (χ2n) is 7.32. The molecule has 0 aromatic heterocycles. The number of nitrogens with one attached hydrogen (secondary N) is 1. The van der Waals surface area contributed by atoms with Gasteiger partial charge in [0.2, 0.25) is 5.91 Å². The van der Waals surface area contributed by atoms with Crippen LogP contribution in [0.25, 0.3) is 0 Å². The third-order valence-electron chi connectivity index (χ3n) is 4.87. The highest BCUT2D eigenvalue weighted by Gasteiger charge is 2.31. The Hall–Kier alpha value is -0.570. The predicted octanol–water partition coefficient (Wildman–Crippen LogP) is 2.80. The van der Waals surface area contributed by atoms with Crippen molar-refractivity contribution in [2.75, 3.05) is 19.6 Å². The molecule has 2 heterocycles. The minimum Gasteiger partial charge on any atom is -0.341 e. The molecule has 3 heteroatoms. The van der Waals surface area contributed by atoms with Crippen LogP contribution in [0.2, 0.25) is 0 Å². The van der Waals surface area contributed by atoms with E-state index in [1.807, 2.05) is 0 Å². The van der Waals surface area contributed by atoms with E-state index in [1.165, 1.54) is 32.1 Å². The second kappa shape index (κ2) is 6.25. The van der Waals surface area contributed by atoms with E-state index in [0.717, 1.165) is 32.0 Å². The molecule has 110 valence electrons. The summed E-state index contributed by atoms with van der Waals surface area (Å²) in [5, 5.41) is 3.39. The quantitative estimate of drug-likeness (QED) is 0.791. The van der Waals surface area contributed by atoms with Crippen LogP contribution in [0.15, 0.2) is 0 Å². The van der Waals surface area contributed by atoms with Crippen molar-refractivity contribution in [2.24, 2.45) is 11.3 Å². The number of piperidine rings is 1. The summed E-state index contributed by atoms with van der Waals surface area (Å²) in [6.45, 7) is 9.92. The van der Waals surface area contributed by atoms with Gasteiger partial charge in [0.25, 0.3) is 0 Å². The zero-order valence-corrected chi connectivity index (χ0v) is 12.9. The summed E-state index contributed by atoms with van der Waals surface area (Å²) < 4.78 is 0. The molecule has 0 saturated carbocycles. The molecule has 19 heavy (non-hydrogen) atoms. The van der Waals surface area contributed by atoms with Crippen LogP contribution in [0.4, 0.5) is 0 Å². The normalized spacial score (nSPS) is 29.9. The molecule has 0 radical (unpaired) electrons. The molecule has 2 atom stereocenters. The number of likely N-dealkylation sites (tertiary alicyclic amines) is 1. The molecule has 3 nitrogen and oxygen atoms in total. The van der Waals surface area contributed by atoms with Gasteiger partial charge in [-0.1, -0.05) is 27.2 Å². The Kier molecular flexibility index (Phi) is 4.88. The number of hydrogen-bond acceptors (Lipinski definition) is 2. The van der Waals surface area contributed by atoms with E-state index in [4.69, 9.17) is 0 Å². The molecule has 2 aliphatic heterocycles. The maximum atomic E-state index is 12.5. The Labute approximate surface area is 118 Å². The van der Waals surface area contributed by atoms with Gasteiger partial charge in [-0.05, 0) is 50.0 Å². The van der Waals surface area contributed by atoms with Crippen molar-refractivity contribution in [2.45, 2.75) is 65.3 Å². The minimum atomic E-state index is 0.0972. The van der Waals surface area contributed by atoms with Crippen LogP contribution in [0.1, 0.15) is 59.3 Å². The van der Waals surface area contributed by atoms with Crippen molar-refractivity contribution < 1.29 is 4.79 Å². The number of amides is 1. The van der Waals surface area contributed by atoms with Crippen molar-refractivity contribution in [1.29, 1.82) is 0 Å². The summed E-state index contributed by atoms with van der Waals surface area (Å²) in [6.07, 6.45) is 7.05. The Balaban J connectivity index is 1.89. The first-order chi connectivity index (χ1) is 8.98. The largest absolute Gasteiger partial charge is 0.341 e. The highest BCUT2D eigenvalue weighted by atomic mass is 16.2. The maximum absolute atomic E-state index is 12.5. The Morgan fingerprint density at radius 2 is 1.84 bits per heavy atom. The molecular weight excluding hydrogens is 236 g/mol. The van der Waals surface area contributed by atoms with Crippen molar-refractivity contribution in [3.8, 4) is 0 Å². The van der Waals surface area contributed by atoms with Gasteiger partial charge >= 0.3 is 0 Å². The minimum absolute atomic E-state index is 0.0972. The lowest BCUT2D eigenvalue weighted by Gasteiger charge is -2.31. The molecule has 2 saturated heterocycles. The lowest BCUT2D eigenvalue weighted by Crippen LogP contribution is -2.48. The van der Waals surface area contributed by atoms with E-state index in [-0.39, 0.29) is 6.04 Å². The van der Waals surface area contributed by atoms with E-state index in [1.54, 1.807) is 0 Å². The summed E-state index contributed by atoms with van der Waals surface area (Å²) in [4.78, 5) is 14.6. The van der Waals surface area contributed by atoms with Gasteiger partial charge < -0.3 is 10.2 Å². The summed E-state index contributed by atoms with van der Waals surface area (Å²) in [5.74, 6) is 1.11. The third-order valence-corrected chi connectivity index (χ3v) is 4.87. The number of carbonyl (C=O) groups excluding carboxylic acids is 1. The molecule has 2 rings (SSSR count). The number of rotatable bonds is 1. The molecule has 1 N–H and O–H groups in total. The zero-order chi connectivity index (χ0) is 13.9. The monoisotopic (exact) mass is 266 g/mol. The number of carbonyl (C=O) groups is 1. The summed E-state index contributed by atoms with van der Waals surface area (Å²) in [6, 6.07) is 0.0972. The van der Waals surface area contributed by atoms with Crippen LogP contribution in [0.3, 0.4) is 0 Å². The smallest absolute Gasteiger partial charge is 0.239 e. The van der Waals surface area contributed by atoms with Crippen LogP contribution in [-0.2, 0) is 4.79 Å². The Morgan fingerprint density at radius 3 is 2.47 bits per heavy atom. The first-order valence-electron chi connectivity index (χ1n) is 8.00. The average molecular weight is 266 g/mol. The van der Waals surface area contributed by atoms with Crippen molar-refractivity contribution in [3.63, 3.8) is 0 Å². The van der Waals surface area contributed by atoms with Crippen LogP contribution < -0.4 is 5.32 Å². The molecule has 0 spiro atoms. The standard InChI is InChI=1S/C16H30N2O/c1-16(2,3)13-7-6-11-18(12-9-13)15(19)14-8-4-5-10-17-14/h13-14,17H,4-12H2,1-3H3/t13?,14-/m0/s1. The lowest BCUT2D eigenvalue weighted by molar-refractivity contribution is -0.134. The maximum Gasteiger partial charge on any atom is 0.239 e. The van der Waals surface area contributed by atoms with Crippen molar-refractivity contribution in [3.05, 3.63) is 0 Å². The average Bonchev–Trinajstić information content (AvgIpc) is 2.64. The van der Waals surface area contributed by atoms with Gasteiger partial charge in [-0.2, -0.15) is 0 Å². The molecule has 0 aromatic carbocycles. The van der Waals surface area contributed by atoms with E-state index in [9.17, 15) is 4.79 Å². The third kappa shape index (κ3) is 3.95. The highest BCUT2D eigenvalue weighted by Crippen LogP contribution is 2.34. The van der Waals surface area contributed by atoms with Gasteiger partial charge in [-0.25, -0.2) is 0 Å². The molecule has 0 aromatic rings. The molecule has 2 aliphatic rings. The van der Waals surface area contributed by atoms with Gasteiger partial charge in [0.15, 0.2) is 0 Å². The molecule has 1 amide bonds. The van der Waals surface area contributed by atoms with Crippen LogP contribution in [-0.4, -0.2) is 36.5 Å². The SMILES string of the molecule is CC(C)(C)C1CCCN(C(=O)[C@@H]2CCCCN2)CC1. The Bertz CT molecular complexity index is 302. The summed E-state index contributed by atoms with van der Waals surface area (Å²) in [5.41, 5.74) is 0.377. The van der Waals surface area contributed by atoms with Crippen LogP contribution in [0.5, 0.6) is 0 Å². The fourth-order valence-electron chi connectivity index (χ4n) is 3.47. The number of hydrogen-bond donors (Lipinski definition) is 1. The van der Waals surface area contributed by atoms with Crippen LogP contribution in [0, 0.1) is 11.3 Å². The Morgan fingerprint density at radius 1 is 1.05 bits per heavy atom. The zero-order valence-electron chi connectivity index (χ0n) is 12.9. The van der Waals surface area contributed by atoms with Gasteiger partial charge in [0.1, 0.15) is 0 Å². The molecule has 0 aliphatic carbocycles. The summed E-state index contributed by atoms with van der Waals surface area (Å²) >= 11 is 0. The van der Waals surface area contributed by atoms with Crippen molar-refractivity contribution >= 4 is 5.91 Å². The molecule has 2 fully saturated rings. The fourth-order valence-corrected chi connectivity index (χ4v) is 3.47. The van der Waals surface area contributed by atoms with Gasteiger partial charge in [-0.15, -0.1) is 0 Å². The van der Waals surface area contributed by atoms with Gasteiger partial charge in [-0.3, -0.25) is 4.79 Å². The topological polar surface area (TPSA) is 32.3 Å². The molecule has 0 bridgehead atoms. The second-order valence-corrected chi connectivity index (χ2v) is 7.32. The number of nitrogens with zero attached hydrogens (tertiary/aromatic N) is 1. The first kappa shape index (κ1) is 14.8.